The van der Waals surface area contributed by atoms with Crippen LogP contribution in [0.2, 0.25) is 0 Å². The third-order valence-corrected chi connectivity index (χ3v) is 1.84. The Hall–Kier alpha value is -0.106. The monoisotopic (exact) mass is 149 g/mol. The second-order valence-corrected chi connectivity index (χ2v) is 4.12. The Morgan fingerprint density at radius 2 is 2.62 bits per heavy atom. The van der Waals surface area contributed by atoms with Gasteiger partial charge < -0.3 is 13.9 Å². The molecule has 0 aromatic rings. The lowest BCUT2D eigenvalue weighted by atomic mass is 11.0. The van der Waals surface area contributed by atoms with Gasteiger partial charge in [0, 0.05) is 0 Å². The summed E-state index contributed by atoms with van der Waals surface area (Å²) < 4.78 is 9.86. The minimum atomic E-state index is -0.647. The fourth-order valence-electron chi connectivity index (χ4n) is 0.243. The van der Waals surface area contributed by atoms with Crippen LogP contribution < -0.4 is 5.32 Å². The predicted molar refractivity (Wildman–Crippen MR) is 38.9 cm³/mol. The Labute approximate surface area is 54.7 Å². The summed E-state index contributed by atoms with van der Waals surface area (Å²) >= 11 is 0. The maximum Gasteiger partial charge on any atom is 0.295 e. The SMILES string of the molecule is C=CNCO[SiH2]O[SiH3]. The van der Waals surface area contributed by atoms with Gasteiger partial charge in [-0.2, -0.15) is 0 Å². The van der Waals surface area contributed by atoms with Crippen molar-refractivity contribution in [2.24, 2.45) is 0 Å². The van der Waals surface area contributed by atoms with Gasteiger partial charge in [-0.05, 0) is 6.20 Å². The van der Waals surface area contributed by atoms with Gasteiger partial charge in [0.2, 0.25) is 0 Å². The third-order valence-electron chi connectivity index (χ3n) is 0.531. The van der Waals surface area contributed by atoms with Gasteiger partial charge in [0.05, 0.1) is 0 Å². The summed E-state index contributed by atoms with van der Waals surface area (Å²) in [5.41, 5.74) is 0. The average Bonchev–Trinajstić information content (AvgIpc) is 1.81. The highest BCUT2D eigenvalue weighted by Gasteiger charge is 1.78. The van der Waals surface area contributed by atoms with E-state index in [1.165, 1.54) is 0 Å². The maximum atomic E-state index is 4.99. The van der Waals surface area contributed by atoms with Crippen LogP contribution in [0.4, 0.5) is 0 Å². The zero-order chi connectivity index (χ0) is 6.24. The van der Waals surface area contributed by atoms with E-state index in [-0.39, 0.29) is 0 Å². The number of rotatable bonds is 5. The average molecular weight is 149 g/mol. The third kappa shape index (κ3) is 5.89. The molecule has 0 saturated heterocycles. The summed E-state index contributed by atoms with van der Waals surface area (Å²) in [6.45, 7) is 3.99. The van der Waals surface area contributed by atoms with Crippen LogP contribution in [0.3, 0.4) is 0 Å². The van der Waals surface area contributed by atoms with Crippen LogP contribution in [-0.2, 0) is 8.54 Å². The lowest BCUT2D eigenvalue weighted by Gasteiger charge is -1.99. The number of hydrogen-bond donors (Lipinski definition) is 1. The van der Waals surface area contributed by atoms with E-state index in [2.05, 4.69) is 11.9 Å². The van der Waals surface area contributed by atoms with Gasteiger partial charge >= 0.3 is 0 Å². The summed E-state index contributed by atoms with van der Waals surface area (Å²) in [6, 6.07) is 0. The standard InChI is InChI=1S/C3H11NO2Si2/c1-2-4-3-5-8-6-7/h2,4H,1,3,8H2,7H3. The first-order chi connectivity index (χ1) is 3.91. The molecular weight excluding hydrogens is 138 g/mol. The van der Waals surface area contributed by atoms with E-state index in [0.29, 0.717) is 6.73 Å². The molecule has 0 amide bonds. The summed E-state index contributed by atoms with van der Waals surface area (Å²) in [5.74, 6) is 0. The second kappa shape index (κ2) is 6.89. The van der Waals surface area contributed by atoms with Crippen molar-refractivity contribution in [3.05, 3.63) is 12.8 Å². The van der Waals surface area contributed by atoms with Gasteiger partial charge in [-0.25, -0.2) is 0 Å². The normalized spacial score (nSPS) is 10.5. The lowest BCUT2D eigenvalue weighted by Crippen LogP contribution is -2.13. The zero-order valence-electron chi connectivity index (χ0n) is 5.02. The molecule has 1 N–H and O–H groups in total. The Kier molecular flexibility index (Phi) is 6.80. The van der Waals surface area contributed by atoms with Crippen LogP contribution >= 0.6 is 0 Å². The van der Waals surface area contributed by atoms with E-state index in [0.717, 1.165) is 10.5 Å². The summed E-state index contributed by atoms with van der Waals surface area (Å²) in [5, 5.41) is 2.79. The molecule has 48 valence electrons. The highest BCUT2D eigenvalue weighted by Crippen LogP contribution is 1.64. The van der Waals surface area contributed by atoms with Gasteiger partial charge in [0.25, 0.3) is 10.0 Å². The molecule has 0 aromatic carbocycles. The highest BCUT2D eigenvalue weighted by atomic mass is 28.3. The van der Waals surface area contributed by atoms with Crippen LogP contribution in [-0.4, -0.2) is 27.2 Å². The first-order valence-electron chi connectivity index (χ1n) is 2.32. The van der Waals surface area contributed by atoms with Gasteiger partial charge in [0.1, 0.15) is 17.2 Å². The molecule has 3 nitrogen and oxygen atoms in total. The molecule has 0 aliphatic heterocycles. The van der Waals surface area contributed by atoms with Crippen molar-refractivity contribution in [2.75, 3.05) is 6.73 Å². The first kappa shape index (κ1) is 7.89. The smallest absolute Gasteiger partial charge is 0.295 e. The van der Waals surface area contributed by atoms with Crippen LogP contribution in [0.15, 0.2) is 12.8 Å². The predicted octanol–water partition coefficient (Wildman–Crippen LogP) is -2.01. The van der Waals surface area contributed by atoms with Crippen molar-refractivity contribution in [1.29, 1.82) is 0 Å². The number of nitrogens with one attached hydrogen (secondary N) is 1. The Bertz CT molecular complexity index is 61.2. The Morgan fingerprint density at radius 3 is 3.12 bits per heavy atom. The highest BCUT2D eigenvalue weighted by molar-refractivity contribution is 6.27. The lowest BCUT2D eigenvalue weighted by molar-refractivity contribution is 0.282. The molecule has 0 aliphatic rings. The van der Waals surface area contributed by atoms with Crippen LogP contribution in [0.1, 0.15) is 0 Å². The van der Waals surface area contributed by atoms with E-state index >= 15 is 0 Å². The van der Waals surface area contributed by atoms with Crippen molar-refractivity contribution in [3.63, 3.8) is 0 Å². The summed E-state index contributed by atoms with van der Waals surface area (Å²) in [4.78, 5) is 0. The molecule has 0 spiro atoms. The minimum absolute atomic E-state index is 0.540. The van der Waals surface area contributed by atoms with E-state index < -0.39 is 10.0 Å². The van der Waals surface area contributed by atoms with Crippen LogP contribution in [0.25, 0.3) is 0 Å². The zero-order valence-corrected chi connectivity index (χ0v) is 8.43. The fourth-order valence-corrected chi connectivity index (χ4v) is 1.11. The summed E-state index contributed by atoms with van der Waals surface area (Å²) in [6.07, 6.45) is 1.60. The molecule has 0 aromatic heterocycles. The van der Waals surface area contributed by atoms with Crippen molar-refractivity contribution >= 4 is 20.5 Å². The van der Waals surface area contributed by atoms with Gasteiger partial charge in [-0.1, -0.05) is 6.58 Å². The van der Waals surface area contributed by atoms with Gasteiger partial charge in [0.15, 0.2) is 0 Å². The molecule has 0 rings (SSSR count). The molecule has 0 unspecified atom stereocenters. The van der Waals surface area contributed by atoms with Crippen molar-refractivity contribution in [3.8, 4) is 0 Å². The van der Waals surface area contributed by atoms with Crippen molar-refractivity contribution in [1.82, 2.24) is 5.32 Å². The molecule has 0 aliphatic carbocycles. The molecule has 8 heavy (non-hydrogen) atoms. The summed E-state index contributed by atoms with van der Waals surface area (Å²) in [7, 11) is 0.143. The maximum absolute atomic E-state index is 4.99. The molecule has 0 saturated carbocycles. The van der Waals surface area contributed by atoms with Gasteiger partial charge in [-0.15, -0.1) is 0 Å². The molecule has 0 atom stereocenters. The fraction of sp³-hybridized carbons (Fsp3) is 0.333. The Balaban J connectivity index is 2.62. The molecule has 0 bridgehead atoms. The molecule has 0 heterocycles. The van der Waals surface area contributed by atoms with E-state index in [1.54, 1.807) is 6.20 Å². The largest absolute Gasteiger partial charge is 0.449 e. The van der Waals surface area contributed by atoms with E-state index in [4.69, 9.17) is 8.54 Å². The molecular formula is C3H11NO2Si2. The molecule has 0 radical (unpaired) electrons. The topological polar surface area (TPSA) is 30.5 Å². The first-order valence-corrected chi connectivity index (χ1v) is 4.30. The Morgan fingerprint density at radius 1 is 1.88 bits per heavy atom. The second-order valence-electron chi connectivity index (χ2n) is 1.16. The van der Waals surface area contributed by atoms with E-state index in [1.807, 2.05) is 0 Å². The van der Waals surface area contributed by atoms with Crippen LogP contribution in [0.5, 0.6) is 0 Å². The van der Waals surface area contributed by atoms with E-state index in [9.17, 15) is 0 Å². The molecule has 5 heteroatoms. The van der Waals surface area contributed by atoms with Crippen molar-refractivity contribution < 1.29 is 8.54 Å². The van der Waals surface area contributed by atoms with Crippen molar-refractivity contribution in [2.45, 2.75) is 0 Å². The minimum Gasteiger partial charge on any atom is -0.449 e. The number of hydrogen-bond acceptors (Lipinski definition) is 3. The quantitative estimate of drug-likeness (QED) is 0.278. The van der Waals surface area contributed by atoms with Gasteiger partial charge in [-0.3, -0.25) is 0 Å². The van der Waals surface area contributed by atoms with Crippen LogP contribution in [0, 0.1) is 0 Å². The molecule has 0 fully saturated rings.